The highest BCUT2D eigenvalue weighted by Crippen LogP contribution is 2.29. The number of nitrogens with two attached hydrogens (primary N) is 1. The largest absolute Gasteiger partial charge is 0.369 e. The molecule has 6 nitrogen and oxygen atoms in total. The van der Waals surface area contributed by atoms with Crippen molar-refractivity contribution in [1.82, 2.24) is 15.0 Å². The fraction of sp³-hybridized carbons (Fsp3) is 0.312. The Morgan fingerprint density at radius 3 is 2.95 bits per heavy atom. The first kappa shape index (κ1) is 14.3. The van der Waals surface area contributed by atoms with Crippen molar-refractivity contribution >= 4 is 39.5 Å². The number of fused-ring (bicyclic) bond motifs is 3. The number of nitrogens with one attached hydrogen (secondary N) is 2. The van der Waals surface area contributed by atoms with Gasteiger partial charge in [0.15, 0.2) is 5.95 Å². The summed E-state index contributed by atoms with van der Waals surface area (Å²) in [6.07, 6.45) is 3.05. The molecule has 4 N–H and O–H groups in total. The molecule has 0 atom stereocenters. The summed E-state index contributed by atoms with van der Waals surface area (Å²) in [7, 11) is 0. The van der Waals surface area contributed by atoms with Gasteiger partial charge >= 0.3 is 0 Å². The number of aromatic amines is 1. The van der Waals surface area contributed by atoms with Crippen LogP contribution in [-0.2, 0) is 4.79 Å². The van der Waals surface area contributed by atoms with Gasteiger partial charge in [-0.25, -0.2) is 0 Å². The standard InChI is InChI=1S/C16H19N5O/c1-9(2)3-6-13(22)20-15-14-10-7-8-18-11(10)4-5-12(14)19-16(17)21-15/h4-5,7-9H,3,6H2,1-2H3,(H,20,22)(H3,17,19,21). The van der Waals surface area contributed by atoms with Crippen LogP contribution in [0.25, 0.3) is 21.8 Å². The molecular formula is C16H19N5O. The summed E-state index contributed by atoms with van der Waals surface area (Å²) in [5, 5.41) is 4.67. The first-order valence-electron chi connectivity index (χ1n) is 7.37. The zero-order valence-electron chi connectivity index (χ0n) is 12.7. The fourth-order valence-corrected chi connectivity index (χ4v) is 2.49. The smallest absolute Gasteiger partial charge is 0.225 e. The number of nitrogen functional groups attached to an aromatic ring is 1. The average Bonchev–Trinajstić information content (AvgIpc) is 2.92. The van der Waals surface area contributed by atoms with Crippen LogP contribution in [0.15, 0.2) is 24.4 Å². The number of carbonyl (C=O) groups is 1. The summed E-state index contributed by atoms with van der Waals surface area (Å²) < 4.78 is 0. The van der Waals surface area contributed by atoms with Crippen LogP contribution in [0, 0.1) is 5.92 Å². The number of amides is 1. The third-order valence-corrected chi connectivity index (χ3v) is 3.62. The molecule has 3 aromatic rings. The number of nitrogens with zero attached hydrogens (tertiary/aromatic N) is 2. The first-order chi connectivity index (χ1) is 10.5. The molecule has 6 heteroatoms. The van der Waals surface area contributed by atoms with Gasteiger partial charge in [-0.3, -0.25) is 9.78 Å². The van der Waals surface area contributed by atoms with E-state index in [9.17, 15) is 4.79 Å². The summed E-state index contributed by atoms with van der Waals surface area (Å²) in [5.41, 5.74) is 7.50. The third kappa shape index (κ3) is 2.72. The van der Waals surface area contributed by atoms with Gasteiger partial charge in [0, 0.05) is 18.0 Å². The van der Waals surface area contributed by atoms with Gasteiger partial charge in [-0.2, -0.15) is 4.98 Å². The molecule has 0 aliphatic carbocycles. The van der Waals surface area contributed by atoms with E-state index in [2.05, 4.69) is 34.1 Å². The summed E-state index contributed by atoms with van der Waals surface area (Å²) in [4.78, 5) is 23.7. The minimum atomic E-state index is -0.0513. The Labute approximate surface area is 128 Å². The molecule has 0 saturated carbocycles. The van der Waals surface area contributed by atoms with Crippen LogP contribution < -0.4 is 11.1 Å². The summed E-state index contributed by atoms with van der Waals surface area (Å²) >= 11 is 0. The highest BCUT2D eigenvalue weighted by atomic mass is 16.1. The maximum atomic E-state index is 12.1. The van der Waals surface area contributed by atoms with Gasteiger partial charge in [-0.1, -0.05) is 13.8 Å². The van der Waals surface area contributed by atoms with Crippen LogP contribution in [0.3, 0.4) is 0 Å². The van der Waals surface area contributed by atoms with Crippen LogP contribution in [0.5, 0.6) is 0 Å². The van der Waals surface area contributed by atoms with E-state index in [0.29, 0.717) is 18.2 Å². The van der Waals surface area contributed by atoms with E-state index in [1.165, 1.54) is 0 Å². The molecule has 1 aromatic carbocycles. The van der Waals surface area contributed by atoms with Gasteiger partial charge in [0.25, 0.3) is 0 Å². The molecular weight excluding hydrogens is 278 g/mol. The van der Waals surface area contributed by atoms with Gasteiger partial charge in [0.1, 0.15) is 5.82 Å². The van der Waals surface area contributed by atoms with Crippen molar-refractivity contribution in [3.63, 3.8) is 0 Å². The highest BCUT2D eigenvalue weighted by molar-refractivity contribution is 6.13. The van der Waals surface area contributed by atoms with Crippen molar-refractivity contribution in [3.05, 3.63) is 24.4 Å². The van der Waals surface area contributed by atoms with Gasteiger partial charge in [0.2, 0.25) is 5.91 Å². The number of aromatic nitrogens is 3. The molecule has 0 spiro atoms. The number of hydrogen-bond acceptors (Lipinski definition) is 4. The number of anilines is 2. The molecule has 0 aliphatic rings. The molecule has 114 valence electrons. The molecule has 0 fully saturated rings. The summed E-state index contributed by atoms with van der Waals surface area (Å²) in [5.74, 6) is 1.18. The Balaban J connectivity index is 2.04. The monoisotopic (exact) mass is 297 g/mol. The lowest BCUT2D eigenvalue weighted by Gasteiger charge is -2.11. The SMILES string of the molecule is CC(C)CCC(=O)Nc1nc(N)[nH]c2ccc3nccc3c12. The summed E-state index contributed by atoms with van der Waals surface area (Å²) in [6.45, 7) is 4.19. The van der Waals surface area contributed by atoms with Crippen LogP contribution in [-0.4, -0.2) is 20.9 Å². The van der Waals surface area contributed by atoms with Crippen molar-refractivity contribution in [2.24, 2.45) is 5.92 Å². The Hall–Kier alpha value is -2.63. The number of benzene rings is 1. The molecule has 0 unspecified atom stereocenters. The number of H-pyrrole nitrogens is 1. The molecule has 0 bridgehead atoms. The van der Waals surface area contributed by atoms with Gasteiger partial charge < -0.3 is 16.0 Å². The van der Waals surface area contributed by atoms with E-state index < -0.39 is 0 Å². The molecule has 3 rings (SSSR count). The minimum absolute atomic E-state index is 0.0513. The Morgan fingerprint density at radius 1 is 1.36 bits per heavy atom. The molecule has 0 radical (unpaired) electrons. The molecule has 1 amide bonds. The second-order valence-electron chi connectivity index (χ2n) is 5.82. The molecule has 2 aromatic heterocycles. The van der Waals surface area contributed by atoms with Crippen LogP contribution in [0.4, 0.5) is 11.8 Å². The van der Waals surface area contributed by atoms with Crippen molar-refractivity contribution in [2.45, 2.75) is 26.7 Å². The highest BCUT2D eigenvalue weighted by Gasteiger charge is 2.13. The second-order valence-corrected chi connectivity index (χ2v) is 5.82. The van der Waals surface area contributed by atoms with Crippen LogP contribution in [0.2, 0.25) is 0 Å². The van der Waals surface area contributed by atoms with Crippen molar-refractivity contribution < 1.29 is 4.79 Å². The quantitative estimate of drug-likeness (QED) is 0.689. The summed E-state index contributed by atoms with van der Waals surface area (Å²) in [6, 6.07) is 5.72. The van der Waals surface area contributed by atoms with E-state index in [1.54, 1.807) is 6.20 Å². The van der Waals surface area contributed by atoms with E-state index in [4.69, 9.17) is 5.73 Å². The van der Waals surface area contributed by atoms with Crippen LogP contribution in [0.1, 0.15) is 26.7 Å². The lowest BCUT2D eigenvalue weighted by atomic mass is 10.1. The van der Waals surface area contributed by atoms with E-state index in [1.807, 2.05) is 18.2 Å². The zero-order chi connectivity index (χ0) is 15.7. The van der Waals surface area contributed by atoms with Crippen molar-refractivity contribution in [3.8, 4) is 0 Å². The van der Waals surface area contributed by atoms with Crippen molar-refractivity contribution in [2.75, 3.05) is 11.1 Å². The Bertz CT molecular complexity index is 837. The van der Waals surface area contributed by atoms with Crippen molar-refractivity contribution in [1.29, 1.82) is 0 Å². The van der Waals surface area contributed by atoms with Crippen LogP contribution >= 0.6 is 0 Å². The minimum Gasteiger partial charge on any atom is -0.369 e. The normalized spacial score (nSPS) is 11.4. The first-order valence-corrected chi connectivity index (χ1v) is 7.37. The maximum absolute atomic E-state index is 12.1. The number of rotatable bonds is 4. The van der Waals surface area contributed by atoms with Gasteiger partial charge in [-0.05, 0) is 30.5 Å². The average molecular weight is 297 g/mol. The second kappa shape index (κ2) is 5.63. The maximum Gasteiger partial charge on any atom is 0.225 e. The van der Waals surface area contributed by atoms with E-state index in [-0.39, 0.29) is 11.9 Å². The molecule has 2 heterocycles. The lowest BCUT2D eigenvalue weighted by molar-refractivity contribution is -0.116. The zero-order valence-corrected chi connectivity index (χ0v) is 12.7. The topological polar surface area (TPSA) is 96.7 Å². The Morgan fingerprint density at radius 2 is 2.18 bits per heavy atom. The molecule has 0 aliphatic heterocycles. The van der Waals surface area contributed by atoms with Gasteiger partial charge in [0.05, 0.1) is 16.4 Å². The fourth-order valence-electron chi connectivity index (χ4n) is 2.49. The lowest BCUT2D eigenvalue weighted by Crippen LogP contribution is -2.14. The number of carbonyl (C=O) groups excluding carboxylic acids is 1. The van der Waals surface area contributed by atoms with E-state index in [0.717, 1.165) is 28.2 Å². The van der Waals surface area contributed by atoms with Gasteiger partial charge in [-0.15, -0.1) is 0 Å². The number of hydrogen-bond donors (Lipinski definition) is 3. The van der Waals surface area contributed by atoms with E-state index >= 15 is 0 Å². The predicted octanol–water partition coefficient (Wildman–Crippen LogP) is 3.07. The third-order valence-electron chi connectivity index (χ3n) is 3.62. The predicted molar refractivity (Wildman–Crippen MR) is 88.5 cm³/mol. The molecule has 0 saturated heterocycles. The Kier molecular flexibility index (Phi) is 3.66. The molecule has 22 heavy (non-hydrogen) atoms.